The minimum Gasteiger partial charge on any atom is -0.485 e. The Bertz CT molecular complexity index is 1040. The first-order chi connectivity index (χ1) is 15.7. The number of aromatic nitrogens is 4. The van der Waals surface area contributed by atoms with Crippen LogP contribution in [0.2, 0.25) is 6.04 Å². The summed E-state index contributed by atoms with van der Waals surface area (Å²) in [6.07, 6.45) is 2.80. The number of hydrogen-bond donors (Lipinski definition) is 0. The monoisotopic (exact) mass is 455 g/mol. The molecule has 0 spiro atoms. The van der Waals surface area contributed by atoms with Crippen LogP contribution in [-0.2, 0) is 26.4 Å². The number of aryl methyl sites for hydroxylation is 2. The Labute approximate surface area is 188 Å². The van der Waals surface area contributed by atoms with Gasteiger partial charge in [-0.3, -0.25) is 9.58 Å². The number of para-hydroxylation sites is 1. The summed E-state index contributed by atoms with van der Waals surface area (Å²) < 4.78 is 26.2. The van der Waals surface area contributed by atoms with Crippen molar-refractivity contribution < 1.29 is 18.0 Å². The number of hydrogen-bond acceptors (Lipinski definition) is 8. The zero-order valence-corrected chi connectivity index (χ0v) is 19.4. The fraction of sp³-hybridized carbons (Fsp3) is 0.500. The molecule has 2 aromatic heterocycles. The van der Waals surface area contributed by atoms with Gasteiger partial charge in [0.2, 0.25) is 0 Å². The van der Waals surface area contributed by atoms with Crippen LogP contribution in [0.3, 0.4) is 0 Å². The zero-order valence-electron chi connectivity index (χ0n) is 18.4. The lowest BCUT2D eigenvalue weighted by Crippen LogP contribution is -2.55. The minimum atomic E-state index is -2.58. The second-order valence-electron chi connectivity index (χ2n) is 8.22. The molecule has 3 aromatic rings. The molecule has 3 saturated heterocycles. The molecule has 0 saturated carbocycles. The van der Waals surface area contributed by atoms with Crippen LogP contribution in [0.25, 0.3) is 10.9 Å². The van der Waals surface area contributed by atoms with Crippen molar-refractivity contribution in [1.82, 2.24) is 24.9 Å². The largest absolute Gasteiger partial charge is 0.501 e. The summed E-state index contributed by atoms with van der Waals surface area (Å²) in [6, 6.07) is 10.8. The van der Waals surface area contributed by atoms with Crippen molar-refractivity contribution in [1.29, 1.82) is 0 Å². The minimum absolute atomic E-state index is 0.346. The Morgan fingerprint density at radius 3 is 2.59 bits per heavy atom. The second kappa shape index (κ2) is 9.63. The molecule has 2 bridgehead atoms. The molecule has 0 radical (unpaired) electrons. The maximum Gasteiger partial charge on any atom is 0.501 e. The lowest BCUT2D eigenvalue weighted by Gasteiger charge is -2.38. The number of rotatable bonds is 7. The summed E-state index contributed by atoms with van der Waals surface area (Å²) in [5.74, 6) is 0.754. The van der Waals surface area contributed by atoms with Gasteiger partial charge in [-0.2, -0.15) is 0 Å². The summed E-state index contributed by atoms with van der Waals surface area (Å²) in [7, 11) is -2.58. The van der Waals surface area contributed by atoms with E-state index in [1.807, 2.05) is 42.1 Å². The SMILES string of the molecule is Cc1ccc2cccc(OCc3cn(CCC[Si]45OCCN(CCO4)CCO5)nn3)c2n1. The molecule has 10 heteroatoms. The van der Waals surface area contributed by atoms with Crippen LogP contribution in [0.1, 0.15) is 17.8 Å². The first-order valence-electron chi connectivity index (χ1n) is 11.2. The number of nitrogens with zero attached hydrogens (tertiary/aromatic N) is 5. The first kappa shape index (κ1) is 21.5. The van der Waals surface area contributed by atoms with Crippen molar-refractivity contribution in [2.45, 2.75) is 32.5 Å². The normalized spacial score (nSPS) is 23.6. The van der Waals surface area contributed by atoms with Crippen LogP contribution in [0.5, 0.6) is 5.75 Å². The molecule has 3 fully saturated rings. The first-order valence-corrected chi connectivity index (χ1v) is 13.1. The van der Waals surface area contributed by atoms with Gasteiger partial charge < -0.3 is 18.0 Å². The van der Waals surface area contributed by atoms with Gasteiger partial charge in [-0.05, 0) is 25.5 Å². The molecular formula is C22H29N5O4Si. The van der Waals surface area contributed by atoms with Crippen LogP contribution in [-0.4, -0.2) is 73.1 Å². The van der Waals surface area contributed by atoms with Crippen molar-refractivity contribution in [3.05, 3.63) is 47.9 Å². The van der Waals surface area contributed by atoms with Crippen molar-refractivity contribution in [2.24, 2.45) is 0 Å². The summed E-state index contributed by atoms with van der Waals surface area (Å²) in [5, 5.41) is 9.57. The topological polar surface area (TPSA) is 83.8 Å². The van der Waals surface area contributed by atoms with Crippen LogP contribution < -0.4 is 4.74 Å². The van der Waals surface area contributed by atoms with Gasteiger partial charge in [0.25, 0.3) is 0 Å². The van der Waals surface area contributed by atoms with Crippen LogP contribution in [0, 0.1) is 6.92 Å². The Morgan fingerprint density at radius 2 is 1.81 bits per heavy atom. The van der Waals surface area contributed by atoms with E-state index in [2.05, 4.69) is 26.3 Å². The zero-order chi connectivity index (χ0) is 21.8. The van der Waals surface area contributed by atoms with Crippen LogP contribution >= 0.6 is 0 Å². The molecule has 5 heterocycles. The fourth-order valence-electron chi connectivity index (χ4n) is 4.12. The van der Waals surface area contributed by atoms with Crippen LogP contribution in [0.15, 0.2) is 36.5 Å². The molecule has 0 N–H and O–H groups in total. The molecule has 3 aliphatic heterocycles. The maximum atomic E-state index is 6.10. The predicted octanol–water partition coefficient (Wildman–Crippen LogP) is 2.42. The molecule has 0 amide bonds. The standard InChI is InChI=1S/C22H29N5O4Si/c1-18-6-7-19-4-2-5-21(22(19)23-18)28-17-20-16-27(25-24-20)8-3-15-32-29-12-9-26(10-13-30-32)11-14-31-32/h2,4-7,16H,3,8-15,17H2,1H3. The van der Waals surface area contributed by atoms with E-state index in [1.165, 1.54) is 0 Å². The average Bonchev–Trinajstić information content (AvgIpc) is 3.20. The Balaban J connectivity index is 1.16. The van der Waals surface area contributed by atoms with E-state index in [-0.39, 0.29) is 0 Å². The van der Waals surface area contributed by atoms with Gasteiger partial charge in [0.05, 0.1) is 26.0 Å². The van der Waals surface area contributed by atoms with Gasteiger partial charge in [0, 0.05) is 43.3 Å². The van der Waals surface area contributed by atoms with E-state index in [0.29, 0.717) is 26.4 Å². The third-order valence-electron chi connectivity index (χ3n) is 5.84. The van der Waals surface area contributed by atoms with Gasteiger partial charge in [-0.15, -0.1) is 5.10 Å². The highest BCUT2D eigenvalue weighted by Crippen LogP contribution is 2.25. The van der Waals surface area contributed by atoms with E-state index in [4.69, 9.17) is 18.0 Å². The Hall–Kier alpha value is -2.37. The third kappa shape index (κ3) is 4.99. The summed E-state index contributed by atoms with van der Waals surface area (Å²) in [5.41, 5.74) is 2.61. The lowest BCUT2D eigenvalue weighted by atomic mass is 10.2. The van der Waals surface area contributed by atoms with Gasteiger partial charge in [-0.25, -0.2) is 4.98 Å². The van der Waals surface area contributed by atoms with E-state index >= 15 is 0 Å². The quantitative estimate of drug-likeness (QED) is 0.502. The number of pyridine rings is 1. The lowest BCUT2D eigenvalue weighted by molar-refractivity contribution is -0.00869. The molecule has 3 aliphatic rings. The van der Waals surface area contributed by atoms with Crippen molar-refractivity contribution in [3.63, 3.8) is 0 Å². The summed E-state index contributed by atoms with van der Waals surface area (Å²) in [6.45, 7) is 7.98. The van der Waals surface area contributed by atoms with E-state index in [1.54, 1.807) is 0 Å². The van der Waals surface area contributed by atoms with Crippen molar-refractivity contribution >= 4 is 19.7 Å². The maximum absolute atomic E-state index is 6.10. The van der Waals surface area contributed by atoms with E-state index in [0.717, 1.165) is 66.7 Å². The highest BCUT2D eigenvalue weighted by atomic mass is 28.4. The van der Waals surface area contributed by atoms with Gasteiger partial charge in [0.1, 0.15) is 23.6 Å². The van der Waals surface area contributed by atoms with Crippen molar-refractivity contribution in [3.8, 4) is 5.75 Å². The molecule has 1 aromatic carbocycles. The summed E-state index contributed by atoms with van der Waals surface area (Å²) in [4.78, 5) is 6.94. The average molecular weight is 456 g/mol. The second-order valence-corrected chi connectivity index (χ2v) is 10.9. The fourth-order valence-corrected chi connectivity index (χ4v) is 6.61. The number of fused-ring (bicyclic) bond motifs is 7. The molecule has 0 atom stereocenters. The van der Waals surface area contributed by atoms with Gasteiger partial charge in [0.15, 0.2) is 0 Å². The van der Waals surface area contributed by atoms with Gasteiger partial charge in [-0.1, -0.05) is 23.4 Å². The smallest absolute Gasteiger partial charge is 0.485 e. The van der Waals surface area contributed by atoms with E-state index < -0.39 is 8.80 Å². The molecule has 0 aliphatic carbocycles. The van der Waals surface area contributed by atoms with Crippen molar-refractivity contribution in [2.75, 3.05) is 39.5 Å². The molecule has 32 heavy (non-hydrogen) atoms. The van der Waals surface area contributed by atoms with E-state index in [9.17, 15) is 0 Å². The Morgan fingerprint density at radius 1 is 1.03 bits per heavy atom. The molecule has 170 valence electrons. The molecule has 6 rings (SSSR count). The highest BCUT2D eigenvalue weighted by Gasteiger charge is 2.43. The number of ether oxygens (including phenoxy) is 1. The predicted molar refractivity (Wildman–Crippen MR) is 120 cm³/mol. The van der Waals surface area contributed by atoms with Crippen LogP contribution in [0.4, 0.5) is 0 Å². The summed E-state index contributed by atoms with van der Waals surface area (Å²) >= 11 is 0. The van der Waals surface area contributed by atoms with Gasteiger partial charge >= 0.3 is 8.80 Å². The third-order valence-corrected chi connectivity index (χ3v) is 8.74. The Kier molecular flexibility index (Phi) is 6.46. The molecule has 9 nitrogen and oxygen atoms in total. The highest BCUT2D eigenvalue weighted by molar-refractivity contribution is 6.60. The molecular weight excluding hydrogens is 426 g/mol. The molecule has 0 unspecified atom stereocenters. The number of benzene rings is 1.